The van der Waals surface area contributed by atoms with Crippen LogP contribution in [0, 0.1) is 6.92 Å². The summed E-state index contributed by atoms with van der Waals surface area (Å²) in [5.41, 5.74) is -0.975. The number of carbonyl (C=O) groups is 1. The van der Waals surface area contributed by atoms with E-state index >= 15 is 0 Å². The molecule has 17 heavy (non-hydrogen) atoms. The van der Waals surface area contributed by atoms with Crippen LogP contribution in [0.2, 0.25) is 0 Å². The highest BCUT2D eigenvalue weighted by Crippen LogP contribution is 2.33. The molecule has 7 heteroatoms. The second kappa shape index (κ2) is 3.47. The lowest BCUT2D eigenvalue weighted by atomic mass is 10.1. The summed E-state index contributed by atoms with van der Waals surface area (Å²) in [7, 11) is 0. The molecule has 0 unspecified atom stereocenters. The van der Waals surface area contributed by atoms with Crippen LogP contribution in [0.15, 0.2) is 12.3 Å². The van der Waals surface area contributed by atoms with Gasteiger partial charge < -0.3 is 10.1 Å². The maximum Gasteiger partial charge on any atom is 0.433 e. The van der Waals surface area contributed by atoms with Crippen molar-refractivity contribution in [3.05, 3.63) is 29.2 Å². The molecule has 2 heterocycles. The van der Waals surface area contributed by atoms with Gasteiger partial charge in [-0.15, -0.1) is 0 Å². The van der Waals surface area contributed by atoms with Crippen molar-refractivity contribution in [1.29, 1.82) is 0 Å². The minimum atomic E-state index is -4.54. The van der Waals surface area contributed by atoms with Gasteiger partial charge in [-0.25, -0.2) is 9.78 Å². The molecule has 0 radical (unpaired) electrons. The molecule has 0 aliphatic rings. The average molecular weight is 244 g/mol. The summed E-state index contributed by atoms with van der Waals surface area (Å²) in [5, 5.41) is 8.94. The SMILES string of the molecule is Cc1c(C(F)(F)F)ncc2[nH]c(C(=O)O)cc12. The topological polar surface area (TPSA) is 66.0 Å². The number of carboxylic acids is 1. The Hall–Kier alpha value is -2.05. The van der Waals surface area contributed by atoms with Crippen LogP contribution in [0.25, 0.3) is 10.9 Å². The molecule has 0 amide bonds. The molecular weight excluding hydrogens is 237 g/mol. The molecule has 2 rings (SSSR count). The molecule has 0 aliphatic carbocycles. The van der Waals surface area contributed by atoms with Gasteiger partial charge in [-0.3, -0.25) is 0 Å². The Morgan fingerprint density at radius 1 is 1.47 bits per heavy atom. The summed E-state index contributed by atoms with van der Waals surface area (Å²) in [6.45, 7) is 1.26. The Morgan fingerprint density at radius 2 is 2.12 bits per heavy atom. The maximum absolute atomic E-state index is 12.6. The van der Waals surface area contributed by atoms with Crippen LogP contribution in [0.5, 0.6) is 0 Å². The Labute approximate surface area is 93.1 Å². The first-order chi connectivity index (χ1) is 7.80. The third-order valence-electron chi connectivity index (χ3n) is 2.43. The number of alkyl halides is 3. The van der Waals surface area contributed by atoms with Crippen molar-refractivity contribution < 1.29 is 23.1 Å². The Bertz CT molecular complexity index is 601. The van der Waals surface area contributed by atoms with Gasteiger partial charge in [0.15, 0.2) is 0 Å². The van der Waals surface area contributed by atoms with Crippen LogP contribution >= 0.6 is 0 Å². The van der Waals surface area contributed by atoms with E-state index in [-0.39, 0.29) is 22.2 Å². The van der Waals surface area contributed by atoms with Crippen LogP contribution in [0.3, 0.4) is 0 Å². The van der Waals surface area contributed by atoms with Crippen LogP contribution < -0.4 is 0 Å². The average Bonchev–Trinajstić information content (AvgIpc) is 2.60. The fourth-order valence-electron chi connectivity index (χ4n) is 1.64. The summed E-state index contributed by atoms with van der Waals surface area (Å²) in [5.74, 6) is -1.23. The van der Waals surface area contributed by atoms with E-state index in [9.17, 15) is 18.0 Å². The number of H-pyrrole nitrogens is 1. The molecule has 0 saturated carbocycles. The predicted octanol–water partition coefficient (Wildman–Crippen LogP) is 2.59. The van der Waals surface area contributed by atoms with E-state index < -0.39 is 17.8 Å². The second-order valence-corrected chi connectivity index (χ2v) is 3.55. The van der Waals surface area contributed by atoms with E-state index in [1.807, 2.05) is 0 Å². The molecule has 90 valence electrons. The van der Waals surface area contributed by atoms with Gasteiger partial charge in [-0.2, -0.15) is 13.2 Å². The number of aromatic nitrogens is 2. The molecule has 0 atom stereocenters. The molecule has 2 aromatic heterocycles. The minimum absolute atomic E-state index is 0.0845. The first-order valence-electron chi connectivity index (χ1n) is 4.59. The van der Waals surface area contributed by atoms with Crippen LogP contribution in [0.1, 0.15) is 21.7 Å². The van der Waals surface area contributed by atoms with Crippen molar-refractivity contribution in [2.24, 2.45) is 0 Å². The molecule has 2 N–H and O–H groups in total. The lowest BCUT2D eigenvalue weighted by Crippen LogP contribution is -2.10. The zero-order valence-corrected chi connectivity index (χ0v) is 8.59. The lowest BCUT2D eigenvalue weighted by molar-refractivity contribution is -0.141. The molecule has 0 aliphatic heterocycles. The van der Waals surface area contributed by atoms with Crippen LogP contribution in [-0.2, 0) is 6.18 Å². The summed E-state index contributed by atoms with van der Waals surface area (Å²) in [6.07, 6.45) is -3.56. The van der Waals surface area contributed by atoms with Gasteiger partial charge in [0.1, 0.15) is 11.4 Å². The fraction of sp³-hybridized carbons (Fsp3) is 0.200. The third-order valence-corrected chi connectivity index (χ3v) is 2.43. The summed E-state index contributed by atoms with van der Waals surface area (Å²) >= 11 is 0. The summed E-state index contributed by atoms with van der Waals surface area (Å²) in [6, 6.07) is 1.17. The van der Waals surface area contributed by atoms with E-state index in [0.717, 1.165) is 6.20 Å². The van der Waals surface area contributed by atoms with E-state index in [2.05, 4.69) is 9.97 Å². The van der Waals surface area contributed by atoms with Crippen molar-refractivity contribution in [2.45, 2.75) is 13.1 Å². The number of carboxylic acid groups (broad SMARTS) is 1. The lowest BCUT2D eigenvalue weighted by Gasteiger charge is -2.08. The highest BCUT2D eigenvalue weighted by atomic mass is 19.4. The van der Waals surface area contributed by atoms with Crippen molar-refractivity contribution in [2.75, 3.05) is 0 Å². The largest absolute Gasteiger partial charge is 0.477 e. The highest BCUT2D eigenvalue weighted by Gasteiger charge is 2.35. The van der Waals surface area contributed by atoms with Gasteiger partial charge in [-0.05, 0) is 18.6 Å². The molecule has 4 nitrogen and oxygen atoms in total. The van der Waals surface area contributed by atoms with Gasteiger partial charge in [0, 0.05) is 5.39 Å². The van der Waals surface area contributed by atoms with Crippen molar-refractivity contribution >= 4 is 16.9 Å². The number of nitrogens with zero attached hydrogens (tertiary/aromatic N) is 1. The number of nitrogens with one attached hydrogen (secondary N) is 1. The van der Waals surface area contributed by atoms with Gasteiger partial charge in [-0.1, -0.05) is 0 Å². The molecule has 0 saturated heterocycles. The number of fused-ring (bicyclic) bond motifs is 1. The van der Waals surface area contributed by atoms with Crippen LogP contribution in [0.4, 0.5) is 13.2 Å². The Morgan fingerprint density at radius 3 is 2.65 bits per heavy atom. The predicted molar refractivity (Wildman–Crippen MR) is 52.8 cm³/mol. The van der Waals surface area contributed by atoms with Crippen LogP contribution in [-0.4, -0.2) is 21.0 Å². The number of pyridine rings is 1. The van der Waals surface area contributed by atoms with Crippen molar-refractivity contribution in [1.82, 2.24) is 9.97 Å². The molecular formula is C10H7F3N2O2. The smallest absolute Gasteiger partial charge is 0.433 e. The monoisotopic (exact) mass is 244 g/mol. The molecule has 0 spiro atoms. The van der Waals surface area contributed by atoms with Crippen molar-refractivity contribution in [3.8, 4) is 0 Å². The maximum atomic E-state index is 12.6. The zero-order valence-electron chi connectivity index (χ0n) is 8.59. The zero-order chi connectivity index (χ0) is 12.8. The van der Waals surface area contributed by atoms with Gasteiger partial charge in [0.05, 0.1) is 11.7 Å². The standard InChI is InChI=1S/C10H7F3N2O2/c1-4-5-2-6(9(16)17)15-7(5)3-14-8(4)10(11,12)13/h2-3,15H,1H3,(H,16,17). The number of hydrogen-bond acceptors (Lipinski definition) is 2. The number of hydrogen-bond donors (Lipinski definition) is 2. The molecule has 0 bridgehead atoms. The van der Waals surface area contributed by atoms with E-state index in [4.69, 9.17) is 5.11 Å². The fourth-order valence-corrected chi connectivity index (χ4v) is 1.64. The van der Waals surface area contributed by atoms with E-state index in [0.29, 0.717) is 0 Å². The first-order valence-corrected chi connectivity index (χ1v) is 4.59. The van der Waals surface area contributed by atoms with Gasteiger partial charge in [0.25, 0.3) is 0 Å². The van der Waals surface area contributed by atoms with Crippen molar-refractivity contribution in [3.63, 3.8) is 0 Å². The Balaban J connectivity index is 2.71. The number of aromatic carboxylic acids is 1. The van der Waals surface area contributed by atoms with Gasteiger partial charge in [0.2, 0.25) is 0 Å². The molecule has 2 aromatic rings. The normalized spacial score (nSPS) is 12.0. The number of rotatable bonds is 1. The number of aryl methyl sites for hydroxylation is 1. The first kappa shape index (κ1) is 11.4. The third kappa shape index (κ3) is 1.83. The summed E-state index contributed by atoms with van der Waals surface area (Å²) in [4.78, 5) is 16.5. The summed E-state index contributed by atoms with van der Waals surface area (Å²) < 4.78 is 37.7. The van der Waals surface area contributed by atoms with E-state index in [1.165, 1.54) is 13.0 Å². The minimum Gasteiger partial charge on any atom is -0.477 e. The molecule has 0 fully saturated rings. The second-order valence-electron chi connectivity index (χ2n) is 3.55. The quantitative estimate of drug-likeness (QED) is 0.810. The molecule has 0 aromatic carbocycles. The highest BCUT2D eigenvalue weighted by molar-refractivity contribution is 5.94. The number of halogens is 3. The van der Waals surface area contributed by atoms with E-state index in [1.54, 1.807) is 0 Å². The van der Waals surface area contributed by atoms with Gasteiger partial charge >= 0.3 is 12.1 Å². The Kier molecular flexibility index (Phi) is 2.34. The number of aromatic amines is 1.